The van der Waals surface area contributed by atoms with Gasteiger partial charge in [-0.2, -0.15) is 4.31 Å². The minimum absolute atomic E-state index is 0.302. The summed E-state index contributed by atoms with van der Waals surface area (Å²) in [5.74, 6) is 0.302. The maximum absolute atomic E-state index is 12.7. The molecule has 1 aromatic heterocycles. The highest BCUT2D eigenvalue weighted by molar-refractivity contribution is 7.89. The first-order valence-electron chi connectivity index (χ1n) is 7.26. The van der Waals surface area contributed by atoms with Gasteiger partial charge in [0.05, 0.1) is 0 Å². The molecule has 116 valence electrons. The van der Waals surface area contributed by atoms with Crippen molar-refractivity contribution < 1.29 is 8.42 Å². The molecule has 5 nitrogen and oxygen atoms in total. The van der Waals surface area contributed by atoms with E-state index in [2.05, 4.69) is 6.92 Å². The Kier molecular flexibility index (Phi) is 6.23. The third kappa shape index (κ3) is 3.84. The molecule has 1 rings (SSSR count). The first kappa shape index (κ1) is 17.2. The standard InChI is InChI=1S/C14H27N3O2S/c1-5-7-16-11-14(8-13(16)9-15)20(18,19)17(6-2)10-12(3)4/h8,11-12H,5-7,9-10,15H2,1-4H3. The van der Waals surface area contributed by atoms with Crippen LogP contribution in [0.25, 0.3) is 0 Å². The second-order valence-corrected chi connectivity index (χ2v) is 7.35. The summed E-state index contributed by atoms with van der Waals surface area (Å²) in [4.78, 5) is 0.355. The van der Waals surface area contributed by atoms with Crippen LogP contribution in [0.15, 0.2) is 17.2 Å². The fourth-order valence-corrected chi connectivity index (χ4v) is 3.92. The molecule has 1 heterocycles. The zero-order chi connectivity index (χ0) is 15.3. The van der Waals surface area contributed by atoms with Gasteiger partial charge >= 0.3 is 0 Å². The summed E-state index contributed by atoms with van der Waals surface area (Å²) >= 11 is 0. The Labute approximate surface area is 122 Å². The van der Waals surface area contributed by atoms with Crippen molar-refractivity contribution in [2.75, 3.05) is 13.1 Å². The van der Waals surface area contributed by atoms with Gasteiger partial charge in [0, 0.05) is 38.1 Å². The predicted octanol–water partition coefficient (Wildman–Crippen LogP) is 2.02. The van der Waals surface area contributed by atoms with Crippen LogP contribution in [0.3, 0.4) is 0 Å². The molecule has 0 spiro atoms. The van der Waals surface area contributed by atoms with E-state index in [1.54, 1.807) is 12.3 Å². The topological polar surface area (TPSA) is 68.3 Å². The van der Waals surface area contributed by atoms with Crippen molar-refractivity contribution in [3.05, 3.63) is 18.0 Å². The second kappa shape index (κ2) is 7.24. The van der Waals surface area contributed by atoms with Gasteiger partial charge in [-0.25, -0.2) is 8.42 Å². The number of nitrogens with zero attached hydrogens (tertiary/aromatic N) is 2. The molecule has 0 aromatic carbocycles. The summed E-state index contributed by atoms with van der Waals surface area (Å²) < 4.78 is 28.8. The number of hydrogen-bond acceptors (Lipinski definition) is 3. The van der Waals surface area contributed by atoms with Crippen LogP contribution in [0.1, 0.15) is 39.8 Å². The molecule has 0 fully saturated rings. The molecule has 0 unspecified atom stereocenters. The third-order valence-corrected chi connectivity index (χ3v) is 5.10. The highest BCUT2D eigenvalue weighted by Crippen LogP contribution is 2.20. The average Bonchev–Trinajstić information content (AvgIpc) is 2.79. The van der Waals surface area contributed by atoms with Crippen LogP contribution in [0.4, 0.5) is 0 Å². The third-order valence-electron chi connectivity index (χ3n) is 3.19. The van der Waals surface area contributed by atoms with Crippen LogP contribution >= 0.6 is 0 Å². The Morgan fingerprint density at radius 2 is 2.00 bits per heavy atom. The predicted molar refractivity (Wildman–Crippen MR) is 81.9 cm³/mol. The maximum Gasteiger partial charge on any atom is 0.244 e. The number of aromatic nitrogens is 1. The van der Waals surface area contributed by atoms with E-state index < -0.39 is 10.0 Å². The normalized spacial score (nSPS) is 12.6. The van der Waals surface area contributed by atoms with Crippen molar-refractivity contribution in [2.45, 2.75) is 52.1 Å². The molecule has 0 amide bonds. The van der Waals surface area contributed by atoms with E-state index in [4.69, 9.17) is 5.73 Å². The summed E-state index contributed by atoms with van der Waals surface area (Å²) in [7, 11) is -3.42. The lowest BCUT2D eigenvalue weighted by molar-refractivity contribution is 0.381. The highest BCUT2D eigenvalue weighted by Gasteiger charge is 2.25. The van der Waals surface area contributed by atoms with Gasteiger partial charge in [-0.1, -0.05) is 27.7 Å². The lowest BCUT2D eigenvalue weighted by atomic mass is 10.2. The molecule has 0 radical (unpaired) electrons. The Morgan fingerprint density at radius 3 is 2.45 bits per heavy atom. The highest BCUT2D eigenvalue weighted by atomic mass is 32.2. The number of hydrogen-bond donors (Lipinski definition) is 1. The van der Waals surface area contributed by atoms with Crippen molar-refractivity contribution in [1.29, 1.82) is 0 Å². The van der Waals surface area contributed by atoms with Crippen LogP contribution in [0, 0.1) is 5.92 Å². The molecule has 2 N–H and O–H groups in total. The lowest BCUT2D eigenvalue weighted by Gasteiger charge is -2.21. The lowest BCUT2D eigenvalue weighted by Crippen LogP contribution is -2.33. The van der Waals surface area contributed by atoms with Crippen molar-refractivity contribution in [1.82, 2.24) is 8.87 Å². The van der Waals surface area contributed by atoms with Gasteiger partial charge < -0.3 is 10.3 Å². The van der Waals surface area contributed by atoms with E-state index in [9.17, 15) is 8.42 Å². The molecule has 0 saturated heterocycles. The van der Waals surface area contributed by atoms with E-state index in [-0.39, 0.29) is 0 Å². The fourth-order valence-electron chi connectivity index (χ4n) is 2.24. The molecule has 6 heteroatoms. The van der Waals surface area contributed by atoms with Crippen LogP contribution in [0.2, 0.25) is 0 Å². The molecule has 1 aromatic rings. The van der Waals surface area contributed by atoms with Gasteiger partial charge in [-0.05, 0) is 18.4 Å². The molecular formula is C14H27N3O2S. The number of rotatable bonds is 8. The SMILES string of the molecule is CCCn1cc(S(=O)(=O)N(CC)CC(C)C)cc1CN. The van der Waals surface area contributed by atoms with Crippen LogP contribution in [-0.2, 0) is 23.1 Å². The summed E-state index contributed by atoms with van der Waals surface area (Å²) in [6, 6.07) is 1.70. The minimum Gasteiger partial charge on any atom is -0.349 e. The van der Waals surface area contributed by atoms with Gasteiger partial charge in [-0.3, -0.25) is 0 Å². The summed E-state index contributed by atoms with van der Waals surface area (Å²) in [5.41, 5.74) is 6.56. The minimum atomic E-state index is -3.42. The summed E-state index contributed by atoms with van der Waals surface area (Å²) in [6.07, 6.45) is 2.66. The smallest absolute Gasteiger partial charge is 0.244 e. The van der Waals surface area contributed by atoms with Crippen molar-refractivity contribution >= 4 is 10.0 Å². The maximum atomic E-state index is 12.7. The van der Waals surface area contributed by atoms with Gasteiger partial charge in [0.2, 0.25) is 10.0 Å². The van der Waals surface area contributed by atoms with E-state index in [1.165, 1.54) is 4.31 Å². The first-order valence-corrected chi connectivity index (χ1v) is 8.70. The van der Waals surface area contributed by atoms with Gasteiger partial charge in [-0.15, -0.1) is 0 Å². The van der Waals surface area contributed by atoms with Gasteiger partial charge in [0.25, 0.3) is 0 Å². The Morgan fingerprint density at radius 1 is 1.35 bits per heavy atom. The Balaban J connectivity index is 3.13. The van der Waals surface area contributed by atoms with E-state index in [1.807, 2.05) is 25.3 Å². The quantitative estimate of drug-likeness (QED) is 0.798. The van der Waals surface area contributed by atoms with E-state index in [0.717, 1.165) is 18.7 Å². The Hall–Kier alpha value is -0.850. The second-order valence-electron chi connectivity index (χ2n) is 5.41. The summed E-state index contributed by atoms with van der Waals surface area (Å²) in [6.45, 7) is 10.1. The largest absolute Gasteiger partial charge is 0.349 e. The van der Waals surface area contributed by atoms with Crippen LogP contribution in [0.5, 0.6) is 0 Å². The van der Waals surface area contributed by atoms with Gasteiger partial charge in [0.1, 0.15) is 4.90 Å². The molecule has 0 bridgehead atoms. The van der Waals surface area contributed by atoms with Crippen molar-refractivity contribution in [2.24, 2.45) is 11.7 Å². The fraction of sp³-hybridized carbons (Fsp3) is 0.714. The molecule has 0 aliphatic heterocycles. The molecule has 20 heavy (non-hydrogen) atoms. The Bertz CT molecular complexity index is 521. The number of aryl methyl sites for hydroxylation is 1. The van der Waals surface area contributed by atoms with Crippen LogP contribution in [-0.4, -0.2) is 30.4 Å². The monoisotopic (exact) mass is 301 g/mol. The molecule has 0 saturated carbocycles. The average molecular weight is 301 g/mol. The van der Waals surface area contributed by atoms with Crippen molar-refractivity contribution in [3.8, 4) is 0 Å². The van der Waals surface area contributed by atoms with Gasteiger partial charge in [0.15, 0.2) is 0 Å². The zero-order valence-electron chi connectivity index (χ0n) is 13.0. The summed E-state index contributed by atoms with van der Waals surface area (Å²) in [5, 5.41) is 0. The molecule has 0 aliphatic rings. The number of sulfonamides is 1. The van der Waals surface area contributed by atoms with E-state index >= 15 is 0 Å². The molecule has 0 atom stereocenters. The van der Waals surface area contributed by atoms with E-state index in [0.29, 0.717) is 30.4 Å². The first-order chi connectivity index (χ1) is 9.36. The number of nitrogens with two attached hydrogens (primary N) is 1. The molecular weight excluding hydrogens is 274 g/mol. The van der Waals surface area contributed by atoms with Crippen LogP contribution < -0.4 is 5.73 Å². The molecule has 0 aliphatic carbocycles. The van der Waals surface area contributed by atoms with Crippen molar-refractivity contribution in [3.63, 3.8) is 0 Å². The zero-order valence-corrected chi connectivity index (χ0v) is 13.8.